The van der Waals surface area contributed by atoms with E-state index in [0.717, 1.165) is 0 Å². The zero-order valence-electron chi connectivity index (χ0n) is 24.0. The minimum absolute atomic E-state index is 0.00577. The Kier molecular flexibility index (Phi) is 3.16. The monoisotopic (exact) mass is 421 g/mol. The van der Waals surface area contributed by atoms with Gasteiger partial charge >= 0.3 is 6.09 Å². The molecule has 1 fully saturated rings. The number of carbonyl (C=O) groups is 1. The van der Waals surface area contributed by atoms with E-state index in [1.807, 2.05) is 0 Å². The van der Waals surface area contributed by atoms with Gasteiger partial charge < -0.3 is 19.3 Å². The highest BCUT2D eigenvalue weighted by Gasteiger charge is 2.29. The van der Waals surface area contributed by atoms with E-state index in [0.29, 0.717) is 0 Å². The topological polar surface area (TPSA) is 54.4 Å². The van der Waals surface area contributed by atoms with Crippen LogP contribution in [0.2, 0.25) is 5.02 Å². The van der Waals surface area contributed by atoms with Crippen molar-refractivity contribution in [2.45, 2.75) is 26.4 Å². The van der Waals surface area contributed by atoms with Gasteiger partial charge in [0.25, 0.3) is 0 Å². The number of amidine groups is 1. The molecule has 0 saturated carbocycles. The number of para-hydroxylation sites is 2. The number of fused-ring (bicyclic) bond motifs is 2. The van der Waals surface area contributed by atoms with Gasteiger partial charge in [0.15, 0.2) is 5.75 Å². The molecule has 0 atom stereocenters. The number of halogens is 1. The second kappa shape index (κ2) is 7.59. The van der Waals surface area contributed by atoms with Crippen molar-refractivity contribution >= 4 is 29.2 Å². The first-order chi connectivity index (χ1) is 16.8. The van der Waals surface area contributed by atoms with Crippen LogP contribution >= 0.6 is 11.6 Å². The molecule has 1 amide bonds. The first-order valence-corrected chi connectivity index (χ1v) is 9.19. The molecule has 2 aromatic rings. The Labute approximate surface area is 186 Å². The maximum atomic E-state index is 13.0. The Balaban J connectivity index is 2.00. The second-order valence-corrected chi connectivity index (χ2v) is 7.68. The molecule has 0 aromatic heterocycles. The maximum absolute atomic E-state index is 13.0. The molecular formula is C22H24ClN3O3. The number of amides is 1. The van der Waals surface area contributed by atoms with Gasteiger partial charge in [0.2, 0.25) is 0 Å². The van der Waals surface area contributed by atoms with Crippen LogP contribution in [0.25, 0.3) is 0 Å². The van der Waals surface area contributed by atoms with E-state index in [4.69, 9.17) is 32.0 Å². The van der Waals surface area contributed by atoms with Crippen LogP contribution < -0.4 is 4.74 Å². The van der Waals surface area contributed by atoms with E-state index < -0.39 is 43.5 Å². The number of carbonyl (C=O) groups excluding carboxylic acids is 1. The molecule has 152 valence electrons. The minimum atomic E-state index is -3.45. The molecule has 4 rings (SSSR count). The molecule has 0 radical (unpaired) electrons. The van der Waals surface area contributed by atoms with E-state index in [9.17, 15) is 4.79 Å². The molecule has 0 N–H and O–H groups in total. The molecule has 6 nitrogen and oxygen atoms in total. The number of hydrogen-bond donors (Lipinski definition) is 0. The van der Waals surface area contributed by atoms with Gasteiger partial charge in [-0.05, 0) is 51.1 Å². The molecule has 0 unspecified atom stereocenters. The summed E-state index contributed by atoms with van der Waals surface area (Å²) < 4.78 is 80.5. The quantitative estimate of drug-likeness (QED) is 0.595. The van der Waals surface area contributed by atoms with Crippen molar-refractivity contribution in [3.05, 3.63) is 53.1 Å². The van der Waals surface area contributed by atoms with Crippen LogP contribution in [-0.4, -0.2) is 53.3 Å². The zero-order valence-corrected chi connectivity index (χ0v) is 16.7. The van der Waals surface area contributed by atoms with Gasteiger partial charge in [-0.25, -0.2) is 9.79 Å². The molecule has 2 heterocycles. The van der Waals surface area contributed by atoms with E-state index in [1.165, 1.54) is 45.0 Å². The van der Waals surface area contributed by atoms with Gasteiger partial charge in [0, 0.05) is 31.0 Å². The Hall–Kier alpha value is -2.73. The lowest BCUT2D eigenvalue weighted by Gasteiger charge is -2.37. The van der Waals surface area contributed by atoms with Crippen LogP contribution in [0.4, 0.5) is 10.5 Å². The molecule has 7 heteroatoms. The summed E-state index contributed by atoms with van der Waals surface area (Å²) in [5.41, 5.74) is -1.04. The molecule has 0 spiro atoms. The van der Waals surface area contributed by atoms with Crippen LogP contribution in [0.3, 0.4) is 0 Å². The maximum Gasteiger partial charge on any atom is 0.410 e. The Bertz CT molecular complexity index is 1270. The molecule has 1 saturated heterocycles. The number of nitrogens with zero attached hydrogens (tertiary/aromatic N) is 3. The van der Waals surface area contributed by atoms with Crippen LogP contribution in [0.1, 0.15) is 37.3 Å². The van der Waals surface area contributed by atoms with Crippen LogP contribution in [0.15, 0.2) is 47.5 Å². The number of hydrogen-bond acceptors (Lipinski definition) is 5. The zero-order chi connectivity index (χ0) is 27.8. The predicted octanol–water partition coefficient (Wildman–Crippen LogP) is 5.08. The van der Waals surface area contributed by atoms with Crippen molar-refractivity contribution in [1.82, 2.24) is 9.80 Å². The third-order valence-electron chi connectivity index (χ3n) is 3.83. The van der Waals surface area contributed by atoms with Crippen LogP contribution in [-0.2, 0) is 4.74 Å². The second-order valence-electron chi connectivity index (χ2n) is 7.24. The third-order valence-corrected chi connectivity index (χ3v) is 4.06. The summed E-state index contributed by atoms with van der Waals surface area (Å²) in [5.74, 6) is -0.120. The fraction of sp³-hybridized carbons (Fsp3) is 0.364. The SMILES string of the molecule is [2H]C1([2H])N(C(=O)OC(C)(C)C)C([2H])([2H])C([2H])([2H])N(C2=Nc3ccccc3Oc3ccc(Cl)cc32)C1([2H])[2H]. The Morgan fingerprint density at radius 2 is 1.86 bits per heavy atom. The van der Waals surface area contributed by atoms with E-state index >= 15 is 0 Å². The van der Waals surface area contributed by atoms with E-state index in [-0.39, 0.29) is 37.6 Å². The molecule has 0 bridgehead atoms. The van der Waals surface area contributed by atoms with Gasteiger partial charge in [0.1, 0.15) is 22.9 Å². The number of rotatable bonds is 0. The highest BCUT2D eigenvalue weighted by atomic mass is 35.5. The Morgan fingerprint density at radius 1 is 1.14 bits per heavy atom. The highest BCUT2D eigenvalue weighted by Crippen LogP contribution is 2.38. The lowest BCUT2D eigenvalue weighted by molar-refractivity contribution is 0.0187. The van der Waals surface area contributed by atoms with Crippen molar-refractivity contribution in [2.75, 3.05) is 26.0 Å². The average molecular weight is 422 g/mol. The first kappa shape index (κ1) is 12.1. The third kappa shape index (κ3) is 4.32. The number of benzene rings is 2. The standard InChI is InChI=1S/C22H24ClN3O3/c1-22(2,3)29-21(27)26-12-10-25(11-13-26)20-16-14-15(23)8-9-18(16)28-19-7-5-4-6-17(19)24-20/h4-9,14H,10-13H2,1-3H3/i10D2,11D2,12D2,13D2. The van der Waals surface area contributed by atoms with Crippen molar-refractivity contribution in [3.8, 4) is 11.5 Å². The van der Waals surface area contributed by atoms with Gasteiger partial charge in [-0.3, -0.25) is 0 Å². The first-order valence-electron chi connectivity index (χ1n) is 12.8. The molecule has 0 aliphatic carbocycles. The van der Waals surface area contributed by atoms with Crippen molar-refractivity contribution in [1.29, 1.82) is 0 Å². The molecule has 2 aliphatic rings. The molecule has 2 aliphatic heterocycles. The summed E-state index contributed by atoms with van der Waals surface area (Å²) in [6, 6.07) is 10.7. The fourth-order valence-corrected chi connectivity index (χ4v) is 2.80. The summed E-state index contributed by atoms with van der Waals surface area (Å²) in [5, 5.41) is 0.167. The fourth-order valence-electron chi connectivity index (χ4n) is 2.63. The van der Waals surface area contributed by atoms with Crippen molar-refractivity contribution in [3.63, 3.8) is 0 Å². The number of piperazine rings is 1. The molecule has 2 aromatic carbocycles. The Morgan fingerprint density at radius 3 is 2.59 bits per heavy atom. The van der Waals surface area contributed by atoms with Gasteiger partial charge in [-0.15, -0.1) is 0 Å². The number of ether oxygens (including phenoxy) is 2. The molecule has 29 heavy (non-hydrogen) atoms. The summed E-state index contributed by atoms with van der Waals surface area (Å²) in [6.45, 7) is -9.25. The van der Waals surface area contributed by atoms with Gasteiger partial charge in [-0.2, -0.15) is 0 Å². The van der Waals surface area contributed by atoms with E-state index in [2.05, 4.69) is 4.99 Å². The minimum Gasteiger partial charge on any atom is -0.454 e. The summed E-state index contributed by atoms with van der Waals surface area (Å²) >= 11 is 6.19. The van der Waals surface area contributed by atoms with Crippen molar-refractivity contribution < 1.29 is 25.2 Å². The summed E-state index contributed by atoms with van der Waals surface area (Å²) in [6.07, 6.45) is -1.56. The normalized spacial score (nSPS) is 27.2. The van der Waals surface area contributed by atoms with Crippen LogP contribution in [0.5, 0.6) is 11.5 Å². The largest absolute Gasteiger partial charge is 0.454 e. The highest BCUT2D eigenvalue weighted by molar-refractivity contribution is 6.31. The number of aliphatic imine (C=N–C) groups is 1. The lowest BCUT2D eigenvalue weighted by Crippen LogP contribution is -2.51. The van der Waals surface area contributed by atoms with Crippen LogP contribution in [0, 0.1) is 0 Å². The van der Waals surface area contributed by atoms with Gasteiger partial charge in [0.05, 0.1) is 16.5 Å². The molecular weight excluding hydrogens is 390 g/mol. The summed E-state index contributed by atoms with van der Waals surface area (Å²) in [4.78, 5) is 17.5. The smallest absolute Gasteiger partial charge is 0.410 e. The average Bonchev–Trinajstić information content (AvgIpc) is 2.87. The van der Waals surface area contributed by atoms with Gasteiger partial charge in [-0.1, -0.05) is 23.7 Å². The van der Waals surface area contributed by atoms with E-state index in [1.54, 1.807) is 18.2 Å². The predicted molar refractivity (Wildman–Crippen MR) is 114 cm³/mol. The summed E-state index contributed by atoms with van der Waals surface area (Å²) in [7, 11) is 0. The lowest BCUT2D eigenvalue weighted by atomic mass is 10.1. The van der Waals surface area contributed by atoms with Crippen molar-refractivity contribution in [2.24, 2.45) is 4.99 Å².